The Bertz CT molecular complexity index is 390. The van der Waals surface area contributed by atoms with Crippen LogP contribution in [0, 0.1) is 5.92 Å². The molecule has 0 fully saturated rings. The predicted octanol–water partition coefficient (Wildman–Crippen LogP) is 1.84. The number of aryl methyl sites for hydroxylation is 2. The highest BCUT2D eigenvalue weighted by molar-refractivity contribution is 7.12. The van der Waals surface area contributed by atoms with Gasteiger partial charge in [-0.25, -0.2) is 0 Å². The Morgan fingerprint density at radius 3 is 2.94 bits per heavy atom. The SMILES string of the molecule is CC(C)[C@H](N)C(=O)NCc1cc2c(s1)CCC2. The molecule has 0 saturated carbocycles. The average molecular weight is 252 g/mol. The minimum absolute atomic E-state index is 0.0476. The Morgan fingerprint density at radius 1 is 1.53 bits per heavy atom. The normalized spacial score (nSPS) is 16.0. The predicted molar refractivity (Wildman–Crippen MR) is 71.0 cm³/mol. The lowest BCUT2D eigenvalue weighted by Crippen LogP contribution is -2.43. The monoisotopic (exact) mass is 252 g/mol. The Labute approximate surface area is 106 Å². The molecule has 1 aromatic rings. The highest BCUT2D eigenvalue weighted by atomic mass is 32.1. The van der Waals surface area contributed by atoms with Gasteiger partial charge in [-0.05, 0) is 36.8 Å². The van der Waals surface area contributed by atoms with E-state index in [2.05, 4.69) is 11.4 Å². The number of rotatable bonds is 4. The van der Waals surface area contributed by atoms with Gasteiger partial charge in [0.2, 0.25) is 5.91 Å². The molecule has 1 aromatic heterocycles. The van der Waals surface area contributed by atoms with Crippen LogP contribution in [-0.2, 0) is 24.2 Å². The largest absolute Gasteiger partial charge is 0.350 e. The molecule has 0 unspecified atom stereocenters. The summed E-state index contributed by atoms with van der Waals surface area (Å²) in [4.78, 5) is 14.5. The van der Waals surface area contributed by atoms with E-state index in [1.165, 1.54) is 34.6 Å². The van der Waals surface area contributed by atoms with Crippen LogP contribution in [0.4, 0.5) is 0 Å². The molecule has 1 heterocycles. The lowest BCUT2D eigenvalue weighted by molar-refractivity contribution is -0.123. The summed E-state index contributed by atoms with van der Waals surface area (Å²) in [6, 6.07) is 1.83. The van der Waals surface area contributed by atoms with Crippen molar-refractivity contribution in [2.45, 2.75) is 45.7 Å². The Hall–Kier alpha value is -0.870. The summed E-state index contributed by atoms with van der Waals surface area (Å²) in [5.74, 6) is 0.136. The molecule has 0 spiro atoms. The number of nitrogens with one attached hydrogen (secondary N) is 1. The number of hydrogen-bond acceptors (Lipinski definition) is 3. The van der Waals surface area contributed by atoms with E-state index in [9.17, 15) is 4.79 Å². The standard InChI is InChI=1S/C13H20N2OS/c1-8(2)12(14)13(16)15-7-10-6-9-4-3-5-11(9)17-10/h6,8,12H,3-5,7,14H2,1-2H3,(H,15,16)/t12-/m0/s1. The highest BCUT2D eigenvalue weighted by Crippen LogP contribution is 2.30. The smallest absolute Gasteiger partial charge is 0.237 e. The molecule has 0 bridgehead atoms. The Morgan fingerprint density at radius 2 is 2.29 bits per heavy atom. The van der Waals surface area contributed by atoms with Gasteiger partial charge in [0.15, 0.2) is 0 Å². The van der Waals surface area contributed by atoms with Crippen LogP contribution in [0.1, 0.15) is 35.6 Å². The number of fused-ring (bicyclic) bond motifs is 1. The van der Waals surface area contributed by atoms with Crippen molar-refractivity contribution < 1.29 is 4.79 Å². The van der Waals surface area contributed by atoms with E-state index in [0.29, 0.717) is 6.54 Å². The van der Waals surface area contributed by atoms with E-state index in [1.807, 2.05) is 25.2 Å². The Kier molecular flexibility index (Phi) is 3.84. The zero-order chi connectivity index (χ0) is 12.4. The van der Waals surface area contributed by atoms with Gasteiger partial charge < -0.3 is 11.1 Å². The molecule has 3 N–H and O–H groups in total. The third kappa shape index (κ3) is 2.87. The minimum Gasteiger partial charge on any atom is -0.350 e. The molecule has 1 aliphatic rings. The highest BCUT2D eigenvalue weighted by Gasteiger charge is 2.18. The number of carbonyl (C=O) groups is 1. The van der Waals surface area contributed by atoms with Crippen LogP contribution in [0.5, 0.6) is 0 Å². The van der Waals surface area contributed by atoms with Crippen LogP contribution in [0.3, 0.4) is 0 Å². The third-order valence-corrected chi connectivity index (χ3v) is 4.49. The maximum Gasteiger partial charge on any atom is 0.237 e. The van der Waals surface area contributed by atoms with Gasteiger partial charge >= 0.3 is 0 Å². The summed E-state index contributed by atoms with van der Waals surface area (Å²) in [7, 11) is 0. The van der Waals surface area contributed by atoms with E-state index >= 15 is 0 Å². The quantitative estimate of drug-likeness (QED) is 0.859. The van der Waals surface area contributed by atoms with Crippen LogP contribution in [0.15, 0.2) is 6.07 Å². The molecule has 17 heavy (non-hydrogen) atoms. The minimum atomic E-state index is -0.401. The van der Waals surface area contributed by atoms with Crippen molar-refractivity contribution in [2.24, 2.45) is 11.7 Å². The molecule has 1 amide bonds. The van der Waals surface area contributed by atoms with Gasteiger partial charge in [0.05, 0.1) is 12.6 Å². The molecule has 0 radical (unpaired) electrons. The first-order valence-electron chi connectivity index (χ1n) is 6.21. The fourth-order valence-corrected chi connectivity index (χ4v) is 3.27. The molecule has 2 rings (SSSR count). The number of thiophene rings is 1. The van der Waals surface area contributed by atoms with E-state index < -0.39 is 6.04 Å². The average Bonchev–Trinajstić information content (AvgIpc) is 2.84. The molecule has 94 valence electrons. The second kappa shape index (κ2) is 5.19. The summed E-state index contributed by atoms with van der Waals surface area (Å²) in [5.41, 5.74) is 7.27. The van der Waals surface area contributed by atoms with E-state index in [-0.39, 0.29) is 11.8 Å². The van der Waals surface area contributed by atoms with Gasteiger partial charge in [0.25, 0.3) is 0 Å². The summed E-state index contributed by atoms with van der Waals surface area (Å²) in [5, 5.41) is 2.92. The van der Waals surface area contributed by atoms with Crippen molar-refractivity contribution in [3.8, 4) is 0 Å². The second-order valence-electron chi connectivity index (χ2n) is 5.00. The van der Waals surface area contributed by atoms with Crippen molar-refractivity contribution in [1.29, 1.82) is 0 Å². The van der Waals surface area contributed by atoms with E-state index in [4.69, 9.17) is 5.73 Å². The zero-order valence-corrected chi connectivity index (χ0v) is 11.3. The molecule has 1 atom stereocenters. The molecule has 0 saturated heterocycles. The second-order valence-corrected chi connectivity index (χ2v) is 6.22. The summed E-state index contributed by atoms with van der Waals surface area (Å²) in [6.45, 7) is 4.55. The van der Waals surface area contributed by atoms with Crippen molar-refractivity contribution in [3.05, 3.63) is 21.4 Å². The van der Waals surface area contributed by atoms with Crippen LogP contribution < -0.4 is 11.1 Å². The molecular weight excluding hydrogens is 232 g/mol. The molecule has 4 heteroatoms. The topological polar surface area (TPSA) is 55.1 Å². The van der Waals surface area contributed by atoms with Crippen molar-refractivity contribution in [3.63, 3.8) is 0 Å². The first-order chi connectivity index (χ1) is 8.08. The van der Waals surface area contributed by atoms with Crippen molar-refractivity contribution in [2.75, 3.05) is 0 Å². The van der Waals surface area contributed by atoms with Crippen molar-refractivity contribution >= 4 is 17.2 Å². The first-order valence-corrected chi connectivity index (χ1v) is 7.03. The number of carbonyl (C=O) groups excluding carboxylic acids is 1. The van der Waals surface area contributed by atoms with Gasteiger partial charge in [0, 0.05) is 9.75 Å². The van der Waals surface area contributed by atoms with Crippen LogP contribution in [-0.4, -0.2) is 11.9 Å². The molecule has 0 aromatic carbocycles. The number of hydrogen-bond donors (Lipinski definition) is 2. The maximum absolute atomic E-state index is 11.7. The fraction of sp³-hybridized carbons (Fsp3) is 0.615. The Balaban J connectivity index is 1.87. The third-order valence-electron chi connectivity index (χ3n) is 3.26. The van der Waals surface area contributed by atoms with E-state index in [0.717, 1.165) is 0 Å². The van der Waals surface area contributed by atoms with Gasteiger partial charge in [0.1, 0.15) is 0 Å². The van der Waals surface area contributed by atoms with Crippen LogP contribution in [0.25, 0.3) is 0 Å². The maximum atomic E-state index is 11.7. The van der Waals surface area contributed by atoms with Gasteiger partial charge in [-0.15, -0.1) is 11.3 Å². The molecule has 0 aliphatic heterocycles. The first kappa shape index (κ1) is 12.6. The van der Waals surface area contributed by atoms with E-state index in [1.54, 1.807) is 0 Å². The fourth-order valence-electron chi connectivity index (χ4n) is 2.07. The van der Waals surface area contributed by atoms with Crippen LogP contribution >= 0.6 is 11.3 Å². The van der Waals surface area contributed by atoms with Gasteiger partial charge in [-0.1, -0.05) is 13.8 Å². The molecule has 3 nitrogen and oxygen atoms in total. The van der Waals surface area contributed by atoms with Gasteiger partial charge in [-0.3, -0.25) is 4.79 Å². The summed E-state index contributed by atoms with van der Waals surface area (Å²) in [6.07, 6.45) is 3.69. The summed E-state index contributed by atoms with van der Waals surface area (Å²) >= 11 is 1.83. The van der Waals surface area contributed by atoms with Crippen LogP contribution in [0.2, 0.25) is 0 Å². The summed E-state index contributed by atoms with van der Waals surface area (Å²) < 4.78 is 0. The van der Waals surface area contributed by atoms with Gasteiger partial charge in [-0.2, -0.15) is 0 Å². The molecule has 1 aliphatic carbocycles. The van der Waals surface area contributed by atoms with Crippen molar-refractivity contribution in [1.82, 2.24) is 5.32 Å². The number of nitrogens with two attached hydrogens (primary N) is 1. The lowest BCUT2D eigenvalue weighted by Gasteiger charge is -2.14. The number of amides is 1. The molecular formula is C13H20N2OS. The zero-order valence-electron chi connectivity index (χ0n) is 10.5. The lowest BCUT2D eigenvalue weighted by atomic mass is 10.1.